The van der Waals surface area contributed by atoms with Gasteiger partial charge < -0.3 is 30.4 Å². The van der Waals surface area contributed by atoms with Gasteiger partial charge in [-0.25, -0.2) is 37.1 Å². The van der Waals surface area contributed by atoms with Gasteiger partial charge in [0.05, 0.1) is 35.9 Å². The van der Waals surface area contributed by atoms with Gasteiger partial charge in [-0.15, -0.1) is 0 Å². The fourth-order valence-corrected chi connectivity index (χ4v) is 6.59. The molecule has 0 radical (unpaired) electrons. The molecule has 0 saturated carbocycles. The third-order valence-electron chi connectivity index (χ3n) is 9.96. The number of alkyl halides is 4. The molecule has 2 aliphatic rings. The smallest absolute Gasteiger partial charge is 0.318 e. The maximum absolute atomic E-state index is 13.6. The summed E-state index contributed by atoms with van der Waals surface area (Å²) in [7, 11) is 0. The van der Waals surface area contributed by atoms with E-state index in [0.29, 0.717) is 11.6 Å². The molecule has 10 nitrogen and oxygen atoms in total. The van der Waals surface area contributed by atoms with Crippen LogP contribution >= 0.6 is 0 Å². The van der Waals surface area contributed by atoms with Gasteiger partial charge in [0.2, 0.25) is 0 Å². The summed E-state index contributed by atoms with van der Waals surface area (Å²) in [5, 5.41) is 5.96. The Morgan fingerprint density at radius 2 is 0.904 bits per heavy atom. The van der Waals surface area contributed by atoms with Crippen LogP contribution in [0.25, 0.3) is 33.6 Å². The number of carbonyl (C=O) groups is 2. The number of halogens is 4. The van der Waals surface area contributed by atoms with Crippen LogP contribution in [-0.2, 0) is 0 Å². The SMILES string of the molecule is CC(C)C(NC(=O)N1CCC(F)(F)CC1)c1ncc(-c2ccc(-c3ccc(-c4cnc(C(NC(=O)N5CCC(F)(F)CC5)C(C)C)[nH]4)cc3)cc2)[nH]1. The number of likely N-dealkylation sites (tertiary alicyclic amines) is 2. The monoisotopic (exact) mass is 722 g/mol. The Morgan fingerprint density at radius 3 is 1.21 bits per heavy atom. The number of hydrogen-bond donors (Lipinski definition) is 4. The molecular weight excluding hydrogens is 676 g/mol. The lowest BCUT2D eigenvalue weighted by molar-refractivity contribution is -0.0479. The molecule has 2 saturated heterocycles. The fraction of sp³-hybridized carbons (Fsp3) is 0.474. The minimum Gasteiger partial charge on any atom is -0.340 e. The van der Waals surface area contributed by atoms with E-state index in [4.69, 9.17) is 0 Å². The molecule has 4 N–H and O–H groups in total. The Balaban J connectivity index is 1.08. The van der Waals surface area contributed by atoms with Crippen LogP contribution in [-0.4, -0.2) is 79.8 Å². The largest absolute Gasteiger partial charge is 0.340 e. The molecule has 4 heterocycles. The Hall–Kier alpha value is -4.88. The van der Waals surface area contributed by atoms with Crippen molar-refractivity contribution in [2.24, 2.45) is 11.8 Å². The van der Waals surface area contributed by atoms with Crippen LogP contribution in [0.2, 0.25) is 0 Å². The minimum absolute atomic E-state index is 0.00956. The second-order valence-corrected chi connectivity index (χ2v) is 14.5. The number of nitrogens with zero attached hydrogens (tertiary/aromatic N) is 4. The molecule has 2 aromatic carbocycles. The topological polar surface area (TPSA) is 122 Å². The van der Waals surface area contributed by atoms with Gasteiger partial charge >= 0.3 is 12.1 Å². The van der Waals surface area contributed by atoms with Crippen LogP contribution in [0.4, 0.5) is 27.2 Å². The Labute approximate surface area is 300 Å². The van der Waals surface area contributed by atoms with Crippen molar-refractivity contribution in [1.82, 2.24) is 40.4 Å². The highest BCUT2D eigenvalue weighted by atomic mass is 19.3. The van der Waals surface area contributed by atoms with Crippen molar-refractivity contribution < 1.29 is 27.2 Å². The van der Waals surface area contributed by atoms with Crippen molar-refractivity contribution in [1.29, 1.82) is 0 Å². The zero-order valence-electron chi connectivity index (χ0n) is 29.9. The van der Waals surface area contributed by atoms with Crippen LogP contribution in [0.1, 0.15) is 77.1 Å². The predicted octanol–water partition coefficient (Wildman–Crippen LogP) is 8.41. The summed E-state index contributed by atoms with van der Waals surface area (Å²) >= 11 is 0. The number of urea groups is 2. The van der Waals surface area contributed by atoms with E-state index in [1.54, 1.807) is 12.4 Å². The first-order chi connectivity index (χ1) is 24.7. The van der Waals surface area contributed by atoms with Gasteiger partial charge in [-0.05, 0) is 34.1 Å². The number of nitrogens with one attached hydrogen (secondary N) is 4. The average molecular weight is 723 g/mol. The van der Waals surface area contributed by atoms with E-state index in [-0.39, 0.29) is 75.8 Å². The highest BCUT2D eigenvalue weighted by Gasteiger charge is 2.37. The first-order valence-electron chi connectivity index (χ1n) is 17.9. The second kappa shape index (κ2) is 15.0. The Morgan fingerprint density at radius 1 is 0.596 bits per heavy atom. The van der Waals surface area contributed by atoms with Crippen molar-refractivity contribution in [2.45, 2.75) is 77.3 Å². The van der Waals surface area contributed by atoms with E-state index < -0.39 is 23.9 Å². The van der Waals surface area contributed by atoms with E-state index in [0.717, 1.165) is 33.6 Å². The summed E-state index contributed by atoms with van der Waals surface area (Å²) in [6, 6.07) is 14.5. The van der Waals surface area contributed by atoms with E-state index in [9.17, 15) is 27.2 Å². The number of carbonyl (C=O) groups excluding carboxylic acids is 2. The molecule has 2 atom stereocenters. The lowest BCUT2D eigenvalue weighted by Crippen LogP contribution is -2.48. The number of aromatic nitrogens is 4. The summed E-state index contributed by atoms with van der Waals surface area (Å²) in [6.07, 6.45) is 2.12. The first-order valence-corrected chi connectivity index (χ1v) is 17.9. The molecule has 2 unspecified atom stereocenters. The van der Waals surface area contributed by atoms with Crippen LogP contribution in [0.5, 0.6) is 0 Å². The number of rotatable bonds is 9. The van der Waals surface area contributed by atoms with Crippen LogP contribution < -0.4 is 10.6 Å². The number of piperidine rings is 2. The molecule has 278 valence electrons. The number of hydrogen-bond acceptors (Lipinski definition) is 4. The molecule has 4 amide bonds. The van der Waals surface area contributed by atoms with Gasteiger partial charge in [-0.3, -0.25) is 0 Å². The Bertz CT molecular complexity index is 1680. The normalized spacial score (nSPS) is 18.3. The predicted molar refractivity (Wildman–Crippen MR) is 191 cm³/mol. The Kier molecular flexibility index (Phi) is 10.6. The standard InChI is InChI=1S/C38H46F4N8O2/c1-23(2)31(47-35(51)49-17-13-37(39,40)14-18-49)33-43-21-29(45-33)27-9-5-25(6-10-27)26-7-11-28(12-8-26)30-22-44-34(46-30)32(24(3)4)48-36(52)50-19-15-38(41,42)16-20-50/h5-12,21-24,31-32H,13-20H2,1-4H3,(H,43,45)(H,44,46)(H,47,51)(H,48,52). The van der Waals surface area contributed by atoms with Crippen molar-refractivity contribution in [3.8, 4) is 33.6 Å². The van der Waals surface area contributed by atoms with Gasteiger partial charge in [-0.2, -0.15) is 0 Å². The number of benzene rings is 2. The third-order valence-corrected chi connectivity index (χ3v) is 9.96. The molecule has 2 aromatic heterocycles. The molecular formula is C38H46F4N8O2. The van der Waals surface area contributed by atoms with E-state index in [1.807, 2.05) is 76.2 Å². The average Bonchev–Trinajstić information content (AvgIpc) is 3.80. The van der Waals surface area contributed by atoms with Crippen molar-refractivity contribution in [2.75, 3.05) is 26.2 Å². The van der Waals surface area contributed by atoms with Crippen LogP contribution in [0, 0.1) is 11.8 Å². The van der Waals surface area contributed by atoms with Gasteiger partial charge in [0.15, 0.2) is 0 Å². The van der Waals surface area contributed by atoms with Crippen LogP contribution in [0.15, 0.2) is 60.9 Å². The maximum atomic E-state index is 13.6. The molecule has 0 bridgehead atoms. The highest BCUT2D eigenvalue weighted by molar-refractivity contribution is 5.76. The van der Waals surface area contributed by atoms with E-state index in [2.05, 4.69) is 30.6 Å². The fourth-order valence-electron chi connectivity index (χ4n) is 6.59. The third kappa shape index (κ3) is 8.59. The van der Waals surface area contributed by atoms with E-state index in [1.165, 1.54) is 9.80 Å². The lowest BCUT2D eigenvalue weighted by Gasteiger charge is -2.33. The van der Waals surface area contributed by atoms with Crippen LogP contribution in [0.3, 0.4) is 0 Å². The summed E-state index contributed by atoms with van der Waals surface area (Å²) < 4.78 is 54.4. The molecule has 4 aromatic rings. The number of imidazole rings is 2. The molecule has 0 aliphatic carbocycles. The van der Waals surface area contributed by atoms with Crippen molar-refractivity contribution in [3.05, 3.63) is 72.6 Å². The summed E-state index contributed by atoms with van der Waals surface area (Å²) in [5.41, 5.74) is 5.44. The summed E-state index contributed by atoms with van der Waals surface area (Å²) in [6.45, 7) is 7.94. The minimum atomic E-state index is -2.72. The molecule has 2 fully saturated rings. The van der Waals surface area contributed by atoms with Gasteiger partial charge in [0.1, 0.15) is 11.6 Å². The lowest BCUT2D eigenvalue weighted by atomic mass is 10.0. The molecule has 2 aliphatic heterocycles. The van der Waals surface area contributed by atoms with E-state index >= 15 is 0 Å². The van der Waals surface area contributed by atoms with Crippen molar-refractivity contribution in [3.63, 3.8) is 0 Å². The van der Waals surface area contributed by atoms with Crippen molar-refractivity contribution >= 4 is 12.1 Å². The highest BCUT2D eigenvalue weighted by Crippen LogP contribution is 2.32. The summed E-state index contributed by atoms with van der Waals surface area (Å²) in [4.78, 5) is 44.4. The van der Waals surface area contributed by atoms with Gasteiger partial charge in [0.25, 0.3) is 11.8 Å². The zero-order chi connectivity index (χ0) is 37.2. The maximum Gasteiger partial charge on any atom is 0.318 e. The number of aromatic amines is 2. The molecule has 6 rings (SSSR count). The second-order valence-electron chi connectivity index (χ2n) is 14.5. The molecule has 14 heteroatoms. The van der Waals surface area contributed by atoms with Gasteiger partial charge in [0, 0.05) is 51.9 Å². The summed E-state index contributed by atoms with van der Waals surface area (Å²) in [5.74, 6) is -4.24. The molecule has 0 spiro atoms. The molecule has 52 heavy (non-hydrogen) atoms. The zero-order valence-corrected chi connectivity index (χ0v) is 29.9. The quantitative estimate of drug-likeness (QED) is 0.130. The number of amides is 4. The first kappa shape index (κ1) is 36.9. The van der Waals surface area contributed by atoms with Gasteiger partial charge in [-0.1, -0.05) is 76.2 Å². The number of H-pyrrole nitrogens is 2.